The van der Waals surface area contributed by atoms with Crippen LogP contribution >= 0.6 is 0 Å². The number of unbranched alkanes of at least 4 members (excludes halogenated alkanes) is 1. The maximum Gasteiger partial charge on any atom is 0.255 e. The van der Waals surface area contributed by atoms with Crippen LogP contribution in [0.25, 0.3) is 0 Å². The third kappa shape index (κ3) is 4.13. The van der Waals surface area contributed by atoms with Crippen molar-refractivity contribution in [3.63, 3.8) is 0 Å². The van der Waals surface area contributed by atoms with Crippen LogP contribution in [0.4, 0.5) is 5.95 Å². The summed E-state index contributed by atoms with van der Waals surface area (Å²) in [6.45, 7) is 3.89. The van der Waals surface area contributed by atoms with Gasteiger partial charge in [0.1, 0.15) is 0 Å². The highest BCUT2D eigenvalue weighted by Crippen LogP contribution is 2.27. The van der Waals surface area contributed by atoms with E-state index in [4.69, 9.17) is 4.74 Å². The van der Waals surface area contributed by atoms with Gasteiger partial charge in [-0.25, -0.2) is 10.4 Å². The van der Waals surface area contributed by atoms with E-state index in [1.54, 1.807) is 18.2 Å². The summed E-state index contributed by atoms with van der Waals surface area (Å²) in [5.74, 6) is 0.621. The number of aromatic amines is 1. The second-order valence-electron chi connectivity index (χ2n) is 5.35. The number of hydrogen-bond acceptors (Lipinski definition) is 6. The molecule has 0 radical (unpaired) electrons. The maximum atomic E-state index is 12.1. The van der Waals surface area contributed by atoms with Crippen LogP contribution in [0.3, 0.4) is 0 Å². The van der Waals surface area contributed by atoms with Crippen molar-refractivity contribution >= 4 is 12.2 Å². The molecule has 24 heavy (non-hydrogen) atoms. The lowest BCUT2D eigenvalue weighted by atomic mass is 10.1. The lowest BCUT2D eigenvalue weighted by molar-refractivity contribution is 0.373. The number of ether oxygens (including phenoxy) is 1. The predicted octanol–water partition coefficient (Wildman–Crippen LogP) is 2.58. The number of benzene rings is 1. The molecule has 128 valence electrons. The second-order valence-corrected chi connectivity index (χ2v) is 5.35. The number of para-hydroxylation sites is 1. The van der Waals surface area contributed by atoms with E-state index in [0.717, 1.165) is 12.8 Å². The SMILES string of the molecule is CCCCc1c(C)nc(N/N=C/c2cccc(OC)c2O)[nH]c1=O. The van der Waals surface area contributed by atoms with E-state index in [9.17, 15) is 9.90 Å². The number of aromatic nitrogens is 2. The number of rotatable bonds is 7. The first kappa shape index (κ1) is 17.5. The van der Waals surface area contributed by atoms with E-state index < -0.39 is 0 Å². The molecular weight excluding hydrogens is 308 g/mol. The molecule has 0 spiro atoms. The number of phenolic OH excluding ortho intramolecular Hbond substituents is 1. The fourth-order valence-corrected chi connectivity index (χ4v) is 2.28. The van der Waals surface area contributed by atoms with Gasteiger partial charge in [0.25, 0.3) is 5.56 Å². The van der Waals surface area contributed by atoms with Crippen LogP contribution in [-0.2, 0) is 6.42 Å². The Morgan fingerprint density at radius 3 is 2.92 bits per heavy atom. The molecular formula is C17H22N4O3. The van der Waals surface area contributed by atoms with Crippen molar-refractivity contribution in [3.8, 4) is 11.5 Å². The maximum absolute atomic E-state index is 12.1. The molecule has 0 unspecified atom stereocenters. The molecule has 0 amide bonds. The molecule has 0 aliphatic heterocycles. The molecule has 0 saturated heterocycles. The van der Waals surface area contributed by atoms with Gasteiger partial charge in [-0.15, -0.1) is 0 Å². The minimum atomic E-state index is -0.155. The molecule has 0 bridgehead atoms. The zero-order valence-electron chi connectivity index (χ0n) is 14.1. The zero-order valence-corrected chi connectivity index (χ0v) is 14.1. The smallest absolute Gasteiger partial charge is 0.255 e. The van der Waals surface area contributed by atoms with Crippen LogP contribution in [-0.4, -0.2) is 28.4 Å². The molecule has 2 aromatic rings. The molecule has 3 N–H and O–H groups in total. The van der Waals surface area contributed by atoms with E-state index in [0.29, 0.717) is 29.0 Å². The van der Waals surface area contributed by atoms with Gasteiger partial charge >= 0.3 is 0 Å². The van der Waals surface area contributed by atoms with Crippen LogP contribution in [0, 0.1) is 6.92 Å². The number of aromatic hydroxyl groups is 1. The van der Waals surface area contributed by atoms with Crippen LogP contribution in [0.15, 0.2) is 28.1 Å². The van der Waals surface area contributed by atoms with E-state index in [1.165, 1.54) is 13.3 Å². The van der Waals surface area contributed by atoms with Crippen LogP contribution < -0.4 is 15.7 Å². The topological polar surface area (TPSA) is 99.6 Å². The fourth-order valence-electron chi connectivity index (χ4n) is 2.28. The zero-order chi connectivity index (χ0) is 17.5. The molecule has 1 heterocycles. The number of phenols is 1. The normalized spacial score (nSPS) is 11.0. The van der Waals surface area contributed by atoms with Crippen molar-refractivity contribution in [1.82, 2.24) is 9.97 Å². The summed E-state index contributed by atoms with van der Waals surface area (Å²) in [5.41, 5.74) is 4.40. The van der Waals surface area contributed by atoms with E-state index in [2.05, 4.69) is 27.4 Å². The van der Waals surface area contributed by atoms with Gasteiger partial charge in [-0.3, -0.25) is 9.78 Å². The monoisotopic (exact) mass is 330 g/mol. The minimum Gasteiger partial charge on any atom is -0.504 e. The quantitative estimate of drug-likeness (QED) is 0.535. The molecule has 1 aromatic carbocycles. The highest BCUT2D eigenvalue weighted by Gasteiger charge is 2.08. The van der Waals surface area contributed by atoms with Crippen molar-refractivity contribution in [2.45, 2.75) is 33.1 Å². The highest BCUT2D eigenvalue weighted by atomic mass is 16.5. The molecule has 7 heteroatoms. The van der Waals surface area contributed by atoms with Crippen molar-refractivity contribution in [1.29, 1.82) is 0 Å². The summed E-state index contributed by atoms with van der Waals surface area (Å²) in [6.07, 6.45) is 4.11. The third-order valence-electron chi connectivity index (χ3n) is 3.63. The summed E-state index contributed by atoms with van der Waals surface area (Å²) in [5, 5.41) is 14.0. The standard InChI is InChI=1S/C17H22N4O3/c1-4-5-8-13-11(2)19-17(20-16(13)23)21-18-10-12-7-6-9-14(24-3)15(12)22/h6-7,9-10,22H,4-5,8H2,1-3H3,(H2,19,20,21,23)/b18-10+. The Bertz CT molecular complexity index is 784. The first-order chi connectivity index (χ1) is 11.6. The summed E-state index contributed by atoms with van der Waals surface area (Å²) >= 11 is 0. The Labute approximate surface area is 140 Å². The number of anilines is 1. The minimum absolute atomic E-state index is 0.00176. The van der Waals surface area contributed by atoms with Gasteiger partial charge in [0.15, 0.2) is 11.5 Å². The van der Waals surface area contributed by atoms with Gasteiger partial charge in [-0.1, -0.05) is 19.4 Å². The Morgan fingerprint density at radius 2 is 2.25 bits per heavy atom. The summed E-state index contributed by atoms with van der Waals surface area (Å²) < 4.78 is 5.04. The van der Waals surface area contributed by atoms with Gasteiger partial charge in [0, 0.05) is 16.8 Å². The first-order valence-corrected chi connectivity index (χ1v) is 7.81. The summed E-state index contributed by atoms with van der Waals surface area (Å²) in [4.78, 5) is 19.1. The predicted molar refractivity (Wildman–Crippen MR) is 94.1 cm³/mol. The largest absolute Gasteiger partial charge is 0.504 e. The van der Waals surface area contributed by atoms with Gasteiger partial charge in [0.2, 0.25) is 5.95 Å². The second kappa shape index (κ2) is 8.14. The molecule has 7 nitrogen and oxygen atoms in total. The van der Waals surface area contributed by atoms with Crippen molar-refractivity contribution < 1.29 is 9.84 Å². The number of hydrogen-bond donors (Lipinski definition) is 3. The Kier molecular flexibility index (Phi) is 5.95. The summed E-state index contributed by atoms with van der Waals surface area (Å²) in [7, 11) is 1.48. The Morgan fingerprint density at radius 1 is 1.46 bits per heavy atom. The lowest BCUT2D eigenvalue weighted by Gasteiger charge is -2.07. The lowest BCUT2D eigenvalue weighted by Crippen LogP contribution is -2.18. The number of H-pyrrole nitrogens is 1. The van der Waals surface area contributed by atoms with Gasteiger partial charge < -0.3 is 9.84 Å². The van der Waals surface area contributed by atoms with Crippen molar-refractivity contribution in [3.05, 3.63) is 45.4 Å². The molecule has 0 aliphatic carbocycles. The number of aryl methyl sites for hydroxylation is 1. The third-order valence-corrected chi connectivity index (χ3v) is 3.63. The van der Waals surface area contributed by atoms with Crippen molar-refractivity contribution in [2.75, 3.05) is 12.5 Å². The molecule has 0 fully saturated rings. The number of hydrazone groups is 1. The first-order valence-electron chi connectivity index (χ1n) is 7.81. The Balaban J connectivity index is 2.14. The number of nitrogens with one attached hydrogen (secondary N) is 2. The average molecular weight is 330 g/mol. The van der Waals surface area contributed by atoms with Crippen LogP contribution in [0.2, 0.25) is 0 Å². The van der Waals surface area contributed by atoms with E-state index in [-0.39, 0.29) is 17.3 Å². The van der Waals surface area contributed by atoms with Gasteiger partial charge in [0.05, 0.1) is 13.3 Å². The number of nitrogens with zero attached hydrogens (tertiary/aromatic N) is 2. The molecule has 2 rings (SSSR count). The van der Waals surface area contributed by atoms with Gasteiger partial charge in [-0.05, 0) is 31.9 Å². The Hall–Kier alpha value is -2.83. The van der Waals surface area contributed by atoms with Crippen LogP contribution in [0.5, 0.6) is 11.5 Å². The van der Waals surface area contributed by atoms with E-state index >= 15 is 0 Å². The molecule has 0 aliphatic rings. The van der Waals surface area contributed by atoms with Crippen LogP contribution in [0.1, 0.15) is 36.6 Å². The average Bonchev–Trinajstić information content (AvgIpc) is 2.56. The molecule has 0 atom stereocenters. The molecule has 0 saturated carbocycles. The fraction of sp³-hybridized carbons (Fsp3) is 0.353. The van der Waals surface area contributed by atoms with E-state index in [1.807, 2.05) is 6.92 Å². The number of methoxy groups -OCH3 is 1. The molecule has 1 aromatic heterocycles. The highest BCUT2D eigenvalue weighted by molar-refractivity contribution is 5.85. The van der Waals surface area contributed by atoms with Gasteiger partial charge in [-0.2, -0.15) is 5.10 Å². The van der Waals surface area contributed by atoms with Crippen molar-refractivity contribution in [2.24, 2.45) is 5.10 Å². The summed E-state index contributed by atoms with van der Waals surface area (Å²) in [6, 6.07) is 5.09.